The van der Waals surface area contributed by atoms with Crippen molar-refractivity contribution in [3.8, 4) is 5.69 Å². The molecule has 7 nitrogen and oxygen atoms in total. The van der Waals surface area contributed by atoms with Gasteiger partial charge in [0.15, 0.2) is 5.69 Å². The SMILES string of the molecule is CNC(=O)Nc1cn(-c2cccc(Br)c2)nc1C(N)=O. The summed E-state index contributed by atoms with van der Waals surface area (Å²) in [6.07, 6.45) is 1.52. The molecule has 0 aliphatic heterocycles. The monoisotopic (exact) mass is 337 g/mol. The highest BCUT2D eigenvalue weighted by atomic mass is 79.9. The van der Waals surface area contributed by atoms with Gasteiger partial charge in [-0.1, -0.05) is 22.0 Å². The second-order valence-electron chi connectivity index (χ2n) is 3.88. The number of rotatable bonds is 3. The highest BCUT2D eigenvalue weighted by Gasteiger charge is 2.16. The fraction of sp³-hybridized carbons (Fsp3) is 0.0833. The number of benzene rings is 1. The Balaban J connectivity index is 2.43. The second-order valence-corrected chi connectivity index (χ2v) is 4.80. The number of hydrogen-bond acceptors (Lipinski definition) is 3. The van der Waals surface area contributed by atoms with Crippen molar-refractivity contribution in [1.82, 2.24) is 15.1 Å². The first-order valence-corrected chi connectivity index (χ1v) is 6.44. The van der Waals surface area contributed by atoms with E-state index in [1.807, 2.05) is 24.3 Å². The Morgan fingerprint density at radius 2 is 2.15 bits per heavy atom. The number of nitrogens with one attached hydrogen (secondary N) is 2. The molecule has 104 valence electrons. The van der Waals surface area contributed by atoms with E-state index in [1.165, 1.54) is 17.9 Å². The number of nitrogens with two attached hydrogens (primary N) is 1. The number of halogens is 1. The van der Waals surface area contributed by atoms with Gasteiger partial charge in [-0.25, -0.2) is 9.48 Å². The van der Waals surface area contributed by atoms with Gasteiger partial charge in [-0.15, -0.1) is 0 Å². The van der Waals surface area contributed by atoms with Crippen LogP contribution in [-0.4, -0.2) is 28.8 Å². The van der Waals surface area contributed by atoms with Crippen molar-refractivity contribution in [1.29, 1.82) is 0 Å². The first kappa shape index (κ1) is 14.1. The van der Waals surface area contributed by atoms with Crippen LogP contribution < -0.4 is 16.4 Å². The minimum Gasteiger partial charge on any atom is -0.364 e. The number of primary amides is 1. The number of amides is 3. The van der Waals surface area contributed by atoms with Gasteiger partial charge in [0.25, 0.3) is 5.91 Å². The number of hydrogen-bond donors (Lipinski definition) is 3. The highest BCUT2D eigenvalue weighted by Crippen LogP contribution is 2.19. The minimum absolute atomic E-state index is 0.00595. The molecular weight excluding hydrogens is 326 g/mol. The van der Waals surface area contributed by atoms with Crippen molar-refractivity contribution >= 4 is 33.6 Å². The Hall–Kier alpha value is -2.35. The van der Waals surface area contributed by atoms with Crippen molar-refractivity contribution in [2.45, 2.75) is 0 Å². The summed E-state index contributed by atoms with van der Waals surface area (Å²) >= 11 is 3.35. The predicted molar refractivity (Wildman–Crippen MR) is 77.9 cm³/mol. The van der Waals surface area contributed by atoms with E-state index in [4.69, 9.17) is 5.73 Å². The molecule has 3 amide bonds. The van der Waals surface area contributed by atoms with Crippen LogP contribution in [0.4, 0.5) is 10.5 Å². The molecule has 0 atom stereocenters. The van der Waals surface area contributed by atoms with Crippen molar-refractivity contribution in [3.05, 3.63) is 40.6 Å². The van der Waals surface area contributed by atoms with Crippen LogP contribution in [0.5, 0.6) is 0 Å². The van der Waals surface area contributed by atoms with Gasteiger partial charge in [-0.2, -0.15) is 5.10 Å². The summed E-state index contributed by atoms with van der Waals surface area (Å²) in [6.45, 7) is 0. The number of carbonyl (C=O) groups excluding carboxylic acids is 2. The molecule has 0 saturated carbocycles. The average molecular weight is 338 g/mol. The van der Waals surface area contributed by atoms with Crippen molar-refractivity contribution in [2.24, 2.45) is 5.73 Å². The zero-order valence-corrected chi connectivity index (χ0v) is 12.1. The molecule has 1 aromatic carbocycles. The summed E-state index contributed by atoms with van der Waals surface area (Å²) < 4.78 is 2.34. The van der Waals surface area contributed by atoms with E-state index in [-0.39, 0.29) is 11.4 Å². The van der Waals surface area contributed by atoms with Gasteiger partial charge in [0, 0.05) is 11.5 Å². The van der Waals surface area contributed by atoms with Crippen LogP contribution in [0.15, 0.2) is 34.9 Å². The van der Waals surface area contributed by atoms with E-state index >= 15 is 0 Å². The smallest absolute Gasteiger partial charge is 0.319 e. The van der Waals surface area contributed by atoms with Crippen molar-refractivity contribution in [3.63, 3.8) is 0 Å². The molecule has 1 heterocycles. The molecule has 0 radical (unpaired) electrons. The fourth-order valence-electron chi connectivity index (χ4n) is 1.58. The van der Waals surface area contributed by atoms with Crippen LogP contribution in [0.1, 0.15) is 10.5 Å². The normalized spacial score (nSPS) is 10.1. The molecule has 0 bridgehead atoms. The summed E-state index contributed by atoms with van der Waals surface area (Å²) in [5.41, 5.74) is 6.23. The highest BCUT2D eigenvalue weighted by molar-refractivity contribution is 9.10. The average Bonchev–Trinajstić information content (AvgIpc) is 2.82. The van der Waals surface area contributed by atoms with Gasteiger partial charge >= 0.3 is 6.03 Å². The van der Waals surface area contributed by atoms with E-state index in [0.29, 0.717) is 0 Å². The van der Waals surface area contributed by atoms with Gasteiger partial charge in [0.05, 0.1) is 17.6 Å². The van der Waals surface area contributed by atoms with Crippen LogP contribution in [-0.2, 0) is 0 Å². The lowest BCUT2D eigenvalue weighted by atomic mass is 10.3. The largest absolute Gasteiger partial charge is 0.364 e. The number of nitrogens with zero attached hydrogens (tertiary/aromatic N) is 2. The van der Waals surface area contributed by atoms with Crippen LogP contribution in [0.2, 0.25) is 0 Å². The Kier molecular flexibility index (Phi) is 4.04. The third kappa shape index (κ3) is 2.97. The van der Waals surface area contributed by atoms with Crippen molar-refractivity contribution in [2.75, 3.05) is 12.4 Å². The standard InChI is InChI=1S/C12H12BrN5O2/c1-15-12(20)16-9-6-18(17-10(9)11(14)19)8-4-2-3-7(13)5-8/h2-6H,1H3,(H2,14,19)(H2,15,16,20). The van der Waals surface area contributed by atoms with E-state index in [2.05, 4.69) is 31.7 Å². The third-order valence-electron chi connectivity index (χ3n) is 2.50. The maximum Gasteiger partial charge on any atom is 0.319 e. The molecule has 1 aromatic heterocycles. The summed E-state index contributed by atoms with van der Waals surface area (Å²) in [7, 11) is 1.47. The molecule has 0 saturated heterocycles. The van der Waals surface area contributed by atoms with Crippen LogP contribution in [0, 0.1) is 0 Å². The lowest BCUT2D eigenvalue weighted by Gasteiger charge is -2.01. The van der Waals surface area contributed by atoms with Crippen LogP contribution in [0.25, 0.3) is 5.69 Å². The third-order valence-corrected chi connectivity index (χ3v) is 2.99. The minimum atomic E-state index is -0.717. The molecule has 8 heteroatoms. The van der Waals surface area contributed by atoms with Gasteiger partial charge < -0.3 is 16.4 Å². The number of carbonyl (C=O) groups is 2. The van der Waals surface area contributed by atoms with Gasteiger partial charge in [0.1, 0.15) is 0 Å². The number of urea groups is 1. The molecule has 2 rings (SSSR count). The molecule has 0 fully saturated rings. The van der Waals surface area contributed by atoms with Crippen molar-refractivity contribution < 1.29 is 9.59 Å². The van der Waals surface area contributed by atoms with E-state index in [0.717, 1.165) is 10.2 Å². The lowest BCUT2D eigenvalue weighted by Crippen LogP contribution is -2.26. The van der Waals surface area contributed by atoms with E-state index in [1.54, 1.807) is 0 Å². The first-order chi connectivity index (χ1) is 9.51. The van der Waals surface area contributed by atoms with E-state index in [9.17, 15) is 9.59 Å². The first-order valence-electron chi connectivity index (χ1n) is 5.65. The Morgan fingerprint density at radius 1 is 1.40 bits per heavy atom. The lowest BCUT2D eigenvalue weighted by molar-refractivity contribution is 0.0996. The Bertz CT molecular complexity index is 668. The molecular formula is C12H12BrN5O2. The zero-order valence-electron chi connectivity index (χ0n) is 10.6. The van der Waals surface area contributed by atoms with Gasteiger partial charge in [-0.3, -0.25) is 4.79 Å². The van der Waals surface area contributed by atoms with Crippen LogP contribution >= 0.6 is 15.9 Å². The predicted octanol–water partition coefficient (Wildman–Crippen LogP) is 1.48. The fourth-order valence-corrected chi connectivity index (χ4v) is 1.97. The van der Waals surface area contributed by atoms with Gasteiger partial charge in [0.2, 0.25) is 0 Å². The summed E-state index contributed by atoms with van der Waals surface area (Å²) in [5, 5.41) is 8.98. The molecule has 0 aliphatic rings. The molecule has 0 aliphatic carbocycles. The molecule has 0 spiro atoms. The summed E-state index contributed by atoms with van der Waals surface area (Å²) in [6, 6.07) is 6.87. The second kappa shape index (κ2) is 5.74. The topological polar surface area (TPSA) is 102 Å². The quantitative estimate of drug-likeness (QED) is 0.790. The number of anilines is 1. The van der Waals surface area contributed by atoms with Gasteiger partial charge in [-0.05, 0) is 18.2 Å². The maximum atomic E-state index is 11.4. The Labute approximate surface area is 123 Å². The molecule has 20 heavy (non-hydrogen) atoms. The summed E-state index contributed by atoms with van der Waals surface area (Å²) in [4.78, 5) is 22.7. The molecule has 2 aromatic rings. The molecule has 4 N–H and O–H groups in total. The number of aromatic nitrogens is 2. The van der Waals surface area contributed by atoms with Crippen LogP contribution in [0.3, 0.4) is 0 Å². The zero-order chi connectivity index (χ0) is 14.7. The Morgan fingerprint density at radius 3 is 2.75 bits per heavy atom. The summed E-state index contributed by atoms with van der Waals surface area (Å²) in [5.74, 6) is -0.717. The molecule has 0 unspecified atom stereocenters. The maximum absolute atomic E-state index is 11.4. The van der Waals surface area contributed by atoms with E-state index < -0.39 is 11.9 Å².